The largest absolute Gasteiger partial charge is 0.449 e. The number of hydrogen-bond donors (Lipinski definition) is 1. The quantitative estimate of drug-likeness (QED) is 0.804. The average Bonchev–Trinajstić information content (AvgIpc) is 2.29. The summed E-state index contributed by atoms with van der Waals surface area (Å²) in [4.78, 5) is 11.2. The SMILES string of the molecule is CCCCOC(=O)NS(=O)(=O)Cc1ccccc1. The van der Waals surface area contributed by atoms with Crippen molar-refractivity contribution in [2.75, 3.05) is 6.61 Å². The molecule has 1 aromatic carbocycles. The highest BCUT2D eigenvalue weighted by Crippen LogP contribution is 2.04. The Morgan fingerprint density at radius 2 is 1.94 bits per heavy atom. The molecule has 0 unspecified atom stereocenters. The number of sulfonamides is 1. The Morgan fingerprint density at radius 1 is 1.28 bits per heavy atom. The fraction of sp³-hybridized carbons (Fsp3) is 0.417. The molecule has 0 saturated carbocycles. The zero-order valence-electron chi connectivity index (χ0n) is 10.3. The van der Waals surface area contributed by atoms with E-state index in [1.807, 2.05) is 11.6 Å². The van der Waals surface area contributed by atoms with Crippen LogP contribution < -0.4 is 4.72 Å². The van der Waals surface area contributed by atoms with Gasteiger partial charge in [-0.3, -0.25) is 0 Å². The highest BCUT2D eigenvalue weighted by atomic mass is 32.2. The maximum absolute atomic E-state index is 11.6. The highest BCUT2D eigenvalue weighted by molar-refractivity contribution is 7.89. The predicted molar refractivity (Wildman–Crippen MR) is 68.5 cm³/mol. The molecule has 0 aliphatic heterocycles. The Balaban J connectivity index is 2.47. The van der Waals surface area contributed by atoms with E-state index in [4.69, 9.17) is 4.74 Å². The van der Waals surface area contributed by atoms with Crippen molar-refractivity contribution >= 4 is 16.1 Å². The summed E-state index contributed by atoms with van der Waals surface area (Å²) in [5.41, 5.74) is 0.617. The minimum Gasteiger partial charge on any atom is -0.449 e. The number of unbranched alkanes of at least 4 members (excludes halogenated alkanes) is 1. The normalized spacial score (nSPS) is 10.9. The second-order valence-corrected chi connectivity index (χ2v) is 5.56. The minimum atomic E-state index is -3.70. The lowest BCUT2D eigenvalue weighted by Crippen LogP contribution is -2.32. The van der Waals surface area contributed by atoms with Gasteiger partial charge in [0.05, 0.1) is 12.4 Å². The molecule has 0 fully saturated rings. The third-order valence-electron chi connectivity index (χ3n) is 2.17. The van der Waals surface area contributed by atoms with Crippen LogP contribution in [0.3, 0.4) is 0 Å². The van der Waals surface area contributed by atoms with Crippen LogP contribution in [0, 0.1) is 0 Å². The lowest BCUT2D eigenvalue weighted by molar-refractivity contribution is 0.151. The van der Waals surface area contributed by atoms with Gasteiger partial charge in [-0.25, -0.2) is 17.9 Å². The van der Waals surface area contributed by atoms with Crippen molar-refractivity contribution in [3.8, 4) is 0 Å². The number of ether oxygens (including phenoxy) is 1. The molecule has 1 rings (SSSR count). The first-order valence-corrected chi connectivity index (χ1v) is 7.40. The number of nitrogens with one attached hydrogen (secondary N) is 1. The van der Waals surface area contributed by atoms with E-state index >= 15 is 0 Å². The molecule has 0 aliphatic rings. The summed E-state index contributed by atoms with van der Waals surface area (Å²) in [6, 6.07) is 8.64. The first-order valence-electron chi connectivity index (χ1n) is 5.74. The van der Waals surface area contributed by atoms with Crippen LogP contribution in [0.15, 0.2) is 30.3 Å². The molecule has 6 heteroatoms. The van der Waals surface area contributed by atoms with E-state index in [0.717, 1.165) is 6.42 Å². The van der Waals surface area contributed by atoms with Crippen molar-refractivity contribution in [2.45, 2.75) is 25.5 Å². The van der Waals surface area contributed by atoms with Crippen molar-refractivity contribution < 1.29 is 17.9 Å². The summed E-state index contributed by atoms with van der Waals surface area (Å²) in [6.45, 7) is 2.18. The highest BCUT2D eigenvalue weighted by Gasteiger charge is 2.15. The summed E-state index contributed by atoms with van der Waals surface area (Å²) in [7, 11) is -3.70. The van der Waals surface area contributed by atoms with Gasteiger partial charge in [0.2, 0.25) is 10.0 Å². The van der Waals surface area contributed by atoms with Gasteiger partial charge in [0.1, 0.15) is 0 Å². The van der Waals surface area contributed by atoms with E-state index < -0.39 is 16.1 Å². The molecule has 5 nitrogen and oxygen atoms in total. The molecule has 0 radical (unpaired) electrons. The zero-order chi connectivity index (χ0) is 13.4. The molecular weight excluding hydrogens is 254 g/mol. The molecule has 1 N–H and O–H groups in total. The van der Waals surface area contributed by atoms with Gasteiger partial charge < -0.3 is 4.74 Å². The van der Waals surface area contributed by atoms with Crippen molar-refractivity contribution in [1.29, 1.82) is 0 Å². The third-order valence-corrected chi connectivity index (χ3v) is 3.36. The second-order valence-electron chi connectivity index (χ2n) is 3.84. The molecule has 0 aromatic heterocycles. The number of amides is 1. The fourth-order valence-electron chi connectivity index (χ4n) is 1.30. The van der Waals surface area contributed by atoms with Crippen LogP contribution in [0.25, 0.3) is 0 Å². The average molecular weight is 271 g/mol. The van der Waals surface area contributed by atoms with Crippen molar-refractivity contribution in [3.05, 3.63) is 35.9 Å². The monoisotopic (exact) mass is 271 g/mol. The second kappa shape index (κ2) is 7.00. The Labute approximate surface area is 107 Å². The lowest BCUT2D eigenvalue weighted by atomic mass is 10.2. The van der Waals surface area contributed by atoms with Gasteiger partial charge in [-0.1, -0.05) is 43.7 Å². The van der Waals surface area contributed by atoms with Crippen molar-refractivity contribution in [3.63, 3.8) is 0 Å². The van der Waals surface area contributed by atoms with Crippen LogP contribution in [0.5, 0.6) is 0 Å². The maximum Gasteiger partial charge on any atom is 0.420 e. The standard InChI is InChI=1S/C12H17NO4S/c1-2-3-9-17-12(14)13-18(15,16)10-11-7-5-4-6-8-11/h4-8H,2-3,9-10H2,1H3,(H,13,14). The molecule has 0 saturated heterocycles. The first kappa shape index (κ1) is 14.5. The minimum absolute atomic E-state index is 0.225. The molecule has 100 valence electrons. The van der Waals surface area contributed by atoms with E-state index in [9.17, 15) is 13.2 Å². The molecule has 1 amide bonds. The molecule has 0 aliphatic carbocycles. The Kier molecular flexibility index (Phi) is 5.64. The summed E-state index contributed by atoms with van der Waals surface area (Å²) >= 11 is 0. The van der Waals surface area contributed by atoms with Crippen LogP contribution in [-0.2, 0) is 20.5 Å². The van der Waals surface area contributed by atoms with Crippen LogP contribution in [0.1, 0.15) is 25.3 Å². The van der Waals surface area contributed by atoms with Gasteiger partial charge in [0, 0.05) is 0 Å². The molecule has 1 aromatic rings. The van der Waals surface area contributed by atoms with Gasteiger partial charge >= 0.3 is 6.09 Å². The van der Waals surface area contributed by atoms with E-state index in [1.165, 1.54) is 0 Å². The lowest BCUT2D eigenvalue weighted by Gasteiger charge is -2.07. The number of rotatable bonds is 6. The maximum atomic E-state index is 11.6. The predicted octanol–water partition coefficient (Wildman–Crippen LogP) is 2.04. The van der Waals surface area contributed by atoms with E-state index in [0.29, 0.717) is 12.0 Å². The fourth-order valence-corrected chi connectivity index (χ4v) is 2.31. The van der Waals surface area contributed by atoms with Gasteiger partial charge in [0.25, 0.3) is 0 Å². The number of carbonyl (C=O) groups excluding carboxylic acids is 1. The summed E-state index contributed by atoms with van der Waals surface area (Å²) < 4.78 is 29.9. The summed E-state index contributed by atoms with van der Waals surface area (Å²) in [5.74, 6) is -0.239. The van der Waals surface area contributed by atoms with Gasteiger partial charge in [-0.2, -0.15) is 0 Å². The molecular formula is C12H17NO4S. The Bertz CT molecular complexity index is 470. The summed E-state index contributed by atoms with van der Waals surface area (Å²) in [6.07, 6.45) is 0.676. The zero-order valence-corrected chi connectivity index (χ0v) is 11.1. The number of benzene rings is 1. The van der Waals surface area contributed by atoms with Crippen LogP contribution in [0.4, 0.5) is 4.79 Å². The Hall–Kier alpha value is -1.56. The molecule has 0 atom stereocenters. The summed E-state index contributed by atoms with van der Waals surface area (Å²) in [5, 5.41) is 0. The van der Waals surface area contributed by atoms with E-state index in [1.54, 1.807) is 30.3 Å². The number of carbonyl (C=O) groups is 1. The van der Waals surface area contributed by atoms with Crippen LogP contribution >= 0.6 is 0 Å². The first-order chi connectivity index (χ1) is 8.53. The third kappa shape index (κ3) is 5.67. The van der Waals surface area contributed by atoms with Gasteiger partial charge in [0.15, 0.2) is 0 Å². The topological polar surface area (TPSA) is 72.5 Å². The van der Waals surface area contributed by atoms with E-state index in [2.05, 4.69) is 0 Å². The van der Waals surface area contributed by atoms with Crippen molar-refractivity contribution in [2.24, 2.45) is 0 Å². The van der Waals surface area contributed by atoms with Crippen LogP contribution in [0.2, 0.25) is 0 Å². The Morgan fingerprint density at radius 3 is 2.56 bits per heavy atom. The smallest absolute Gasteiger partial charge is 0.420 e. The molecule has 0 bridgehead atoms. The molecule has 0 spiro atoms. The molecule has 18 heavy (non-hydrogen) atoms. The van der Waals surface area contributed by atoms with Crippen molar-refractivity contribution in [1.82, 2.24) is 4.72 Å². The van der Waals surface area contributed by atoms with E-state index in [-0.39, 0.29) is 12.4 Å². The van der Waals surface area contributed by atoms with Crippen LogP contribution in [-0.4, -0.2) is 21.1 Å². The van der Waals surface area contributed by atoms with Gasteiger partial charge in [-0.15, -0.1) is 0 Å². The molecule has 0 heterocycles. The van der Waals surface area contributed by atoms with Gasteiger partial charge in [-0.05, 0) is 12.0 Å². The number of hydrogen-bond acceptors (Lipinski definition) is 4.